The standard InChI is InChI=1S/C16H14ClN3S/c1-20(2)15-9-12(7-8-18-15)16-19-14(10-21-16)11-3-5-13(17)6-4-11/h3-10H,1-2H3. The van der Waals surface area contributed by atoms with Crippen LogP contribution in [0.15, 0.2) is 48.0 Å². The van der Waals surface area contributed by atoms with Crippen LogP contribution in [0.1, 0.15) is 0 Å². The van der Waals surface area contributed by atoms with Crippen LogP contribution in [0.3, 0.4) is 0 Å². The summed E-state index contributed by atoms with van der Waals surface area (Å²) in [5.41, 5.74) is 3.12. The number of aromatic nitrogens is 2. The molecule has 0 unspecified atom stereocenters. The van der Waals surface area contributed by atoms with Crippen LogP contribution in [0.2, 0.25) is 5.02 Å². The van der Waals surface area contributed by atoms with Crippen LogP contribution in [0.5, 0.6) is 0 Å². The smallest absolute Gasteiger partial charge is 0.128 e. The minimum atomic E-state index is 0.735. The van der Waals surface area contributed by atoms with Gasteiger partial charge in [0.15, 0.2) is 0 Å². The van der Waals surface area contributed by atoms with Gasteiger partial charge in [-0.3, -0.25) is 0 Å². The number of pyridine rings is 1. The third-order valence-electron chi connectivity index (χ3n) is 3.09. The molecule has 0 spiro atoms. The van der Waals surface area contributed by atoms with Gasteiger partial charge in [0.1, 0.15) is 10.8 Å². The number of benzene rings is 1. The number of anilines is 1. The summed E-state index contributed by atoms with van der Waals surface area (Å²) in [6, 6.07) is 11.8. The van der Waals surface area contributed by atoms with Crippen LogP contribution in [0, 0.1) is 0 Å². The molecule has 0 saturated heterocycles. The van der Waals surface area contributed by atoms with E-state index < -0.39 is 0 Å². The van der Waals surface area contributed by atoms with E-state index in [-0.39, 0.29) is 0 Å². The Hall–Kier alpha value is -1.91. The van der Waals surface area contributed by atoms with Crippen molar-refractivity contribution in [2.75, 3.05) is 19.0 Å². The number of rotatable bonds is 3. The van der Waals surface area contributed by atoms with Gasteiger partial charge in [-0.15, -0.1) is 11.3 Å². The summed E-state index contributed by atoms with van der Waals surface area (Å²) in [5, 5.41) is 3.79. The Morgan fingerprint density at radius 2 is 1.81 bits per heavy atom. The number of thiazole rings is 1. The van der Waals surface area contributed by atoms with Gasteiger partial charge in [0, 0.05) is 41.8 Å². The second-order valence-corrected chi connectivity index (χ2v) is 6.14. The van der Waals surface area contributed by atoms with Crippen LogP contribution in [-0.2, 0) is 0 Å². The lowest BCUT2D eigenvalue weighted by Crippen LogP contribution is -2.10. The zero-order chi connectivity index (χ0) is 14.8. The summed E-state index contributed by atoms with van der Waals surface area (Å²) in [7, 11) is 3.96. The predicted molar refractivity (Wildman–Crippen MR) is 90.1 cm³/mol. The fraction of sp³-hybridized carbons (Fsp3) is 0.125. The number of hydrogen-bond donors (Lipinski definition) is 0. The molecule has 0 fully saturated rings. The van der Waals surface area contributed by atoms with Crippen molar-refractivity contribution in [3.63, 3.8) is 0 Å². The van der Waals surface area contributed by atoms with E-state index in [0.717, 1.165) is 32.7 Å². The average molecular weight is 316 g/mol. The molecular formula is C16H14ClN3S. The molecule has 3 rings (SSSR count). The van der Waals surface area contributed by atoms with Gasteiger partial charge >= 0.3 is 0 Å². The van der Waals surface area contributed by atoms with E-state index in [1.807, 2.05) is 61.6 Å². The zero-order valence-electron chi connectivity index (χ0n) is 11.7. The Morgan fingerprint density at radius 3 is 2.52 bits per heavy atom. The van der Waals surface area contributed by atoms with E-state index in [9.17, 15) is 0 Å². The molecule has 2 heterocycles. The third kappa shape index (κ3) is 3.06. The van der Waals surface area contributed by atoms with Gasteiger partial charge in [-0.1, -0.05) is 23.7 Å². The summed E-state index contributed by atoms with van der Waals surface area (Å²) in [6.07, 6.45) is 1.81. The minimum absolute atomic E-state index is 0.735. The molecule has 0 saturated carbocycles. The van der Waals surface area contributed by atoms with Crippen molar-refractivity contribution in [3.05, 3.63) is 53.0 Å². The maximum absolute atomic E-state index is 5.92. The maximum Gasteiger partial charge on any atom is 0.128 e. The normalized spacial score (nSPS) is 10.6. The number of halogens is 1. The quantitative estimate of drug-likeness (QED) is 0.707. The molecule has 0 atom stereocenters. The van der Waals surface area contributed by atoms with Crippen LogP contribution in [0.25, 0.3) is 21.8 Å². The summed E-state index contributed by atoms with van der Waals surface area (Å²) in [4.78, 5) is 11.0. The highest BCUT2D eigenvalue weighted by Crippen LogP contribution is 2.30. The maximum atomic E-state index is 5.92. The molecule has 0 aliphatic carbocycles. The summed E-state index contributed by atoms with van der Waals surface area (Å²) >= 11 is 7.55. The molecule has 0 aliphatic rings. The van der Waals surface area contributed by atoms with Crippen molar-refractivity contribution >= 4 is 28.8 Å². The molecule has 21 heavy (non-hydrogen) atoms. The molecule has 3 nitrogen and oxygen atoms in total. The minimum Gasteiger partial charge on any atom is -0.363 e. The molecule has 3 aromatic rings. The van der Waals surface area contributed by atoms with Crippen LogP contribution in [-0.4, -0.2) is 24.1 Å². The fourth-order valence-corrected chi connectivity index (χ4v) is 2.91. The van der Waals surface area contributed by atoms with Gasteiger partial charge in [-0.25, -0.2) is 9.97 Å². The lowest BCUT2D eigenvalue weighted by Gasteiger charge is -2.11. The molecular weight excluding hydrogens is 302 g/mol. The predicted octanol–water partition coefficient (Wildman–Crippen LogP) is 4.59. The van der Waals surface area contributed by atoms with Gasteiger partial charge in [0.05, 0.1) is 5.69 Å². The molecule has 0 N–H and O–H groups in total. The Bertz CT molecular complexity index is 750. The lowest BCUT2D eigenvalue weighted by molar-refractivity contribution is 1.07. The molecule has 0 amide bonds. The highest BCUT2D eigenvalue weighted by molar-refractivity contribution is 7.13. The molecule has 0 bridgehead atoms. The zero-order valence-corrected chi connectivity index (χ0v) is 13.3. The Kier molecular flexibility index (Phi) is 3.90. The first-order valence-corrected chi connectivity index (χ1v) is 7.74. The van der Waals surface area contributed by atoms with Crippen molar-refractivity contribution in [3.8, 4) is 21.8 Å². The van der Waals surface area contributed by atoms with Crippen molar-refractivity contribution in [2.24, 2.45) is 0 Å². The molecule has 2 aromatic heterocycles. The second kappa shape index (κ2) is 5.84. The summed E-state index contributed by atoms with van der Waals surface area (Å²) in [6.45, 7) is 0. The topological polar surface area (TPSA) is 29.0 Å². The first kappa shape index (κ1) is 14.0. The number of hydrogen-bond acceptors (Lipinski definition) is 4. The Balaban J connectivity index is 1.94. The summed E-state index contributed by atoms with van der Waals surface area (Å²) < 4.78 is 0. The van der Waals surface area contributed by atoms with E-state index in [4.69, 9.17) is 16.6 Å². The van der Waals surface area contributed by atoms with Gasteiger partial charge in [-0.05, 0) is 24.3 Å². The lowest BCUT2D eigenvalue weighted by atomic mass is 10.2. The summed E-state index contributed by atoms with van der Waals surface area (Å²) in [5.74, 6) is 0.927. The second-order valence-electron chi connectivity index (χ2n) is 4.84. The largest absolute Gasteiger partial charge is 0.363 e. The first-order valence-electron chi connectivity index (χ1n) is 6.49. The van der Waals surface area contributed by atoms with Crippen molar-refractivity contribution < 1.29 is 0 Å². The fourth-order valence-electron chi connectivity index (χ4n) is 1.96. The van der Waals surface area contributed by atoms with Gasteiger partial charge in [0.25, 0.3) is 0 Å². The highest BCUT2D eigenvalue weighted by Gasteiger charge is 2.08. The number of nitrogens with zero attached hydrogens (tertiary/aromatic N) is 3. The molecule has 1 aromatic carbocycles. The van der Waals surface area contributed by atoms with Crippen LogP contribution in [0.4, 0.5) is 5.82 Å². The van der Waals surface area contributed by atoms with E-state index in [1.165, 1.54) is 0 Å². The van der Waals surface area contributed by atoms with Crippen LogP contribution >= 0.6 is 22.9 Å². The molecule has 0 radical (unpaired) electrons. The first-order chi connectivity index (χ1) is 10.1. The van der Waals surface area contributed by atoms with Gasteiger partial charge in [0.2, 0.25) is 0 Å². The van der Waals surface area contributed by atoms with E-state index >= 15 is 0 Å². The Labute approximate surface area is 132 Å². The van der Waals surface area contributed by atoms with Gasteiger partial charge < -0.3 is 4.90 Å². The average Bonchev–Trinajstić information content (AvgIpc) is 2.98. The van der Waals surface area contributed by atoms with E-state index in [1.54, 1.807) is 11.3 Å². The third-order valence-corrected chi connectivity index (χ3v) is 4.24. The monoisotopic (exact) mass is 315 g/mol. The van der Waals surface area contributed by atoms with Crippen molar-refractivity contribution in [1.82, 2.24) is 9.97 Å². The van der Waals surface area contributed by atoms with Crippen LogP contribution < -0.4 is 4.90 Å². The van der Waals surface area contributed by atoms with E-state index in [2.05, 4.69) is 10.4 Å². The SMILES string of the molecule is CN(C)c1cc(-c2nc(-c3ccc(Cl)cc3)cs2)ccn1. The Morgan fingerprint density at radius 1 is 1.05 bits per heavy atom. The molecule has 106 valence electrons. The van der Waals surface area contributed by atoms with Crippen molar-refractivity contribution in [1.29, 1.82) is 0 Å². The van der Waals surface area contributed by atoms with Crippen molar-refractivity contribution in [2.45, 2.75) is 0 Å². The molecule has 0 aliphatic heterocycles. The highest BCUT2D eigenvalue weighted by atomic mass is 35.5. The van der Waals surface area contributed by atoms with Gasteiger partial charge in [-0.2, -0.15) is 0 Å². The van der Waals surface area contributed by atoms with E-state index in [0.29, 0.717) is 0 Å². The molecule has 5 heteroatoms.